The molecule has 1 aromatic carbocycles. The molecule has 26 heavy (non-hydrogen) atoms. The topological polar surface area (TPSA) is 162 Å². The molecule has 0 heterocycles. The summed E-state index contributed by atoms with van der Waals surface area (Å²) in [5, 5.41) is 24.6. The Morgan fingerprint density at radius 1 is 1.15 bits per heavy atom. The number of hydrogen-bond donors (Lipinski definition) is 1. The summed E-state index contributed by atoms with van der Waals surface area (Å²) in [4.78, 5) is 0. The lowest BCUT2D eigenvalue weighted by Gasteiger charge is -2.02. The van der Waals surface area contributed by atoms with Gasteiger partial charge in [-0.3, -0.25) is 13.1 Å². The lowest BCUT2D eigenvalue weighted by Crippen LogP contribution is -2.09. The molecule has 12 heteroatoms. The smallest absolute Gasteiger partial charge is 0.273 e. The molecule has 1 atom stereocenters. The minimum Gasteiger partial charge on any atom is -0.273 e. The van der Waals surface area contributed by atoms with E-state index in [9.17, 15) is 12.6 Å². The highest BCUT2D eigenvalue weighted by Crippen LogP contribution is 2.09. The summed E-state index contributed by atoms with van der Waals surface area (Å²) in [5.74, 6) is -0.209. The molecule has 1 aromatic rings. The van der Waals surface area contributed by atoms with E-state index < -0.39 is 21.5 Å². The van der Waals surface area contributed by atoms with E-state index in [1.165, 1.54) is 24.3 Å². The van der Waals surface area contributed by atoms with Crippen molar-refractivity contribution >= 4 is 32.9 Å². The minimum absolute atomic E-state index is 0.209. The fraction of sp³-hybridized carbons (Fsp3) is 0.286. The van der Waals surface area contributed by atoms with Crippen LogP contribution in [0.5, 0.6) is 0 Å². The van der Waals surface area contributed by atoms with Crippen molar-refractivity contribution in [1.82, 2.24) is 0 Å². The Morgan fingerprint density at radius 3 is 2.08 bits per heavy atom. The van der Waals surface area contributed by atoms with Gasteiger partial charge in [-0.15, -0.1) is 0 Å². The van der Waals surface area contributed by atoms with Crippen molar-refractivity contribution in [3.05, 3.63) is 35.4 Å². The second kappa shape index (κ2) is 10.2. The molecule has 10 nitrogen and oxygen atoms in total. The Kier molecular flexibility index (Phi) is 8.37. The largest absolute Gasteiger partial charge is 0.378 e. The van der Waals surface area contributed by atoms with Gasteiger partial charge < -0.3 is 0 Å². The first-order valence-electron chi connectivity index (χ1n) is 7.09. The molecule has 0 bridgehead atoms. The molecule has 0 saturated heterocycles. The number of oxime groups is 2. The van der Waals surface area contributed by atoms with Crippen molar-refractivity contribution in [3.8, 4) is 12.1 Å². The van der Waals surface area contributed by atoms with E-state index >= 15 is 0 Å². The summed E-state index contributed by atoms with van der Waals surface area (Å²) in [5.41, 5.74) is -0.0612. The van der Waals surface area contributed by atoms with Gasteiger partial charge in [0.2, 0.25) is 0 Å². The molecule has 0 radical (unpaired) electrons. The minimum atomic E-state index is -3.87. The van der Waals surface area contributed by atoms with Crippen LogP contribution >= 0.6 is 0 Å². The van der Waals surface area contributed by atoms with Crippen molar-refractivity contribution in [3.63, 3.8) is 0 Å². The Labute approximate surface area is 152 Å². The average Bonchev–Trinajstić information content (AvgIpc) is 2.62. The molecule has 0 spiro atoms. The normalized spacial score (nSPS) is 13.4. The zero-order chi connectivity index (χ0) is 19.6. The van der Waals surface area contributed by atoms with Crippen LogP contribution in [0.2, 0.25) is 0 Å². The van der Waals surface area contributed by atoms with E-state index in [2.05, 4.69) is 18.9 Å². The van der Waals surface area contributed by atoms with Gasteiger partial charge in [0, 0.05) is 11.1 Å². The lowest BCUT2D eigenvalue weighted by atomic mass is 10.1. The molecule has 0 fully saturated rings. The number of rotatable bonds is 9. The Bertz CT molecular complexity index is 895. The van der Waals surface area contributed by atoms with Crippen molar-refractivity contribution in [2.75, 3.05) is 5.75 Å². The molecule has 0 aliphatic rings. The monoisotopic (exact) mass is 398 g/mol. The van der Waals surface area contributed by atoms with Crippen LogP contribution in [0.1, 0.15) is 30.9 Å². The van der Waals surface area contributed by atoms with Gasteiger partial charge in [-0.25, -0.2) is 0 Å². The van der Waals surface area contributed by atoms with Crippen molar-refractivity contribution < 1.29 is 25.7 Å². The first kappa shape index (κ1) is 21.2. The maximum Gasteiger partial charge on any atom is 0.378 e. The van der Waals surface area contributed by atoms with Gasteiger partial charge in [0.1, 0.15) is 12.1 Å². The van der Waals surface area contributed by atoms with Crippen LogP contribution in [0.15, 0.2) is 34.6 Å². The Balaban J connectivity index is 3.00. The van der Waals surface area contributed by atoms with Crippen LogP contribution in [0, 0.1) is 22.7 Å². The van der Waals surface area contributed by atoms with Gasteiger partial charge in [0.25, 0.3) is 0 Å². The molecule has 0 aliphatic carbocycles. The second-order valence-electron chi connectivity index (χ2n) is 4.66. The maximum absolute atomic E-state index is 11.6. The molecule has 138 valence electrons. The van der Waals surface area contributed by atoms with Gasteiger partial charge in [0.05, 0.1) is 5.75 Å². The van der Waals surface area contributed by atoms with E-state index in [0.29, 0.717) is 12.8 Å². The number of nitriles is 2. The molecule has 1 unspecified atom stereocenters. The predicted molar refractivity (Wildman–Crippen MR) is 92.4 cm³/mol. The number of unbranched alkanes of at least 4 members (excludes halogenated alkanes) is 1. The molecule has 1 N–H and O–H groups in total. The molecule has 0 aromatic heterocycles. The molecule has 0 amide bonds. The van der Waals surface area contributed by atoms with Crippen LogP contribution in [-0.2, 0) is 30.0 Å². The van der Waals surface area contributed by atoms with E-state index in [4.69, 9.17) is 15.1 Å². The van der Waals surface area contributed by atoms with Gasteiger partial charge in [-0.05, 0) is 6.42 Å². The third-order valence-corrected chi connectivity index (χ3v) is 4.12. The highest BCUT2D eigenvalue weighted by atomic mass is 32.2. The summed E-state index contributed by atoms with van der Waals surface area (Å²) < 4.78 is 50.7. The van der Waals surface area contributed by atoms with Crippen LogP contribution in [0.4, 0.5) is 0 Å². The number of hydrogen-bond acceptors (Lipinski definition) is 9. The predicted octanol–water partition coefficient (Wildman–Crippen LogP) is 1.44. The van der Waals surface area contributed by atoms with Gasteiger partial charge >= 0.3 is 21.5 Å². The summed E-state index contributed by atoms with van der Waals surface area (Å²) >= 11 is -2.66. The zero-order valence-corrected chi connectivity index (χ0v) is 15.2. The SMILES string of the molecule is CCCCS(=O)(=O)ON=C(C#N)c1ccc(C(C#N)=NOS(=O)O)cc1. The summed E-state index contributed by atoms with van der Waals surface area (Å²) in [6, 6.07) is 8.90. The maximum atomic E-state index is 11.6. The third-order valence-electron chi connectivity index (χ3n) is 2.83. The third kappa shape index (κ3) is 6.98. The molecular formula is C14H14N4O6S2. The lowest BCUT2D eigenvalue weighted by molar-refractivity contribution is 0.326. The van der Waals surface area contributed by atoms with Crippen molar-refractivity contribution in [2.45, 2.75) is 19.8 Å². The summed E-state index contributed by atoms with van der Waals surface area (Å²) in [6.07, 6.45) is 1.07. The van der Waals surface area contributed by atoms with E-state index in [-0.39, 0.29) is 28.3 Å². The Hall–Kier alpha value is -2.80. The van der Waals surface area contributed by atoms with E-state index in [1.807, 2.05) is 6.92 Å². The van der Waals surface area contributed by atoms with Crippen molar-refractivity contribution in [1.29, 1.82) is 10.5 Å². The van der Waals surface area contributed by atoms with Crippen LogP contribution in [0.25, 0.3) is 0 Å². The summed E-state index contributed by atoms with van der Waals surface area (Å²) in [6.45, 7) is 1.82. The fourth-order valence-corrected chi connectivity index (χ4v) is 2.63. The van der Waals surface area contributed by atoms with Crippen molar-refractivity contribution in [2.24, 2.45) is 10.3 Å². The van der Waals surface area contributed by atoms with E-state index in [1.54, 1.807) is 12.1 Å². The van der Waals surface area contributed by atoms with Gasteiger partial charge in [-0.1, -0.05) is 47.9 Å². The first-order valence-corrected chi connectivity index (χ1v) is 9.70. The number of nitrogens with zero attached hydrogens (tertiary/aromatic N) is 4. The molecule has 0 aliphatic heterocycles. The summed E-state index contributed by atoms with van der Waals surface area (Å²) in [7, 11) is -3.87. The highest BCUT2D eigenvalue weighted by molar-refractivity contribution is 7.86. The second-order valence-corrected chi connectivity index (χ2v) is 6.92. The van der Waals surface area contributed by atoms with E-state index in [0.717, 1.165) is 0 Å². The quantitative estimate of drug-likeness (QED) is 0.371. The van der Waals surface area contributed by atoms with Crippen LogP contribution in [-0.4, -0.2) is 34.4 Å². The first-order chi connectivity index (χ1) is 12.3. The number of benzene rings is 1. The average molecular weight is 398 g/mol. The molecule has 1 rings (SSSR count). The standard InChI is InChI=1S/C14H14N4O6S2/c1-2-3-8-26(21,22)24-18-14(10-16)12-6-4-11(5-7-12)13(9-15)17-23-25(19)20/h4-7H,2-3,8H2,1H3,(H,19,20). The Morgan fingerprint density at radius 2 is 1.65 bits per heavy atom. The highest BCUT2D eigenvalue weighted by Gasteiger charge is 2.13. The molecular weight excluding hydrogens is 384 g/mol. The van der Waals surface area contributed by atoms with Gasteiger partial charge in [0.15, 0.2) is 11.4 Å². The van der Waals surface area contributed by atoms with Gasteiger partial charge in [-0.2, -0.15) is 23.2 Å². The van der Waals surface area contributed by atoms with Crippen LogP contribution < -0.4 is 0 Å². The van der Waals surface area contributed by atoms with Crippen LogP contribution in [0.3, 0.4) is 0 Å². The zero-order valence-electron chi connectivity index (χ0n) is 13.5. The fourth-order valence-electron chi connectivity index (χ4n) is 1.58. The molecule has 0 saturated carbocycles.